The number of hydrogen-bond donors (Lipinski definition) is 1. The molecule has 17 heavy (non-hydrogen) atoms. The standard InChI is InChI=1S/C11H11N5S/c1-12-6-10-14-15-11(17-10)16-7-13-8-4-2-3-5-9(8)16/h2-5,7,12H,6H2,1H3. The molecule has 1 aromatic carbocycles. The van der Waals surface area contributed by atoms with Gasteiger partial charge in [0.2, 0.25) is 5.13 Å². The Labute approximate surface area is 102 Å². The predicted octanol–water partition coefficient (Wildman–Crippen LogP) is 1.60. The fraction of sp³-hybridized carbons (Fsp3) is 0.182. The minimum Gasteiger partial charge on any atom is -0.313 e. The number of nitrogens with zero attached hydrogens (tertiary/aromatic N) is 4. The molecule has 5 nitrogen and oxygen atoms in total. The van der Waals surface area contributed by atoms with Crippen molar-refractivity contribution in [1.29, 1.82) is 0 Å². The first-order chi connectivity index (χ1) is 8.38. The van der Waals surface area contributed by atoms with Crippen LogP contribution < -0.4 is 5.32 Å². The quantitative estimate of drug-likeness (QED) is 0.761. The Morgan fingerprint density at radius 2 is 2.18 bits per heavy atom. The summed E-state index contributed by atoms with van der Waals surface area (Å²) in [6, 6.07) is 7.99. The zero-order valence-electron chi connectivity index (χ0n) is 9.29. The molecule has 0 radical (unpaired) electrons. The number of nitrogens with one attached hydrogen (secondary N) is 1. The van der Waals surface area contributed by atoms with Crippen LogP contribution in [0.25, 0.3) is 16.2 Å². The fourth-order valence-corrected chi connectivity index (χ4v) is 2.51. The van der Waals surface area contributed by atoms with Crippen molar-refractivity contribution in [3.63, 3.8) is 0 Å². The van der Waals surface area contributed by atoms with Crippen LogP contribution in [-0.4, -0.2) is 26.8 Å². The Bertz CT molecular complexity index is 642. The molecule has 3 aromatic rings. The van der Waals surface area contributed by atoms with Crippen LogP contribution >= 0.6 is 11.3 Å². The summed E-state index contributed by atoms with van der Waals surface area (Å²) < 4.78 is 1.96. The SMILES string of the molecule is CNCc1nnc(-n2cnc3ccccc32)s1. The van der Waals surface area contributed by atoms with Gasteiger partial charge >= 0.3 is 0 Å². The minimum absolute atomic E-state index is 0.740. The van der Waals surface area contributed by atoms with Crippen molar-refractivity contribution in [2.75, 3.05) is 7.05 Å². The number of imidazole rings is 1. The lowest BCUT2D eigenvalue weighted by Crippen LogP contribution is -2.04. The van der Waals surface area contributed by atoms with Crippen molar-refractivity contribution >= 4 is 22.4 Å². The summed E-state index contributed by atoms with van der Waals surface area (Å²) in [5.74, 6) is 0. The van der Waals surface area contributed by atoms with E-state index in [1.807, 2.05) is 35.9 Å². The fourth-order valence-electron chi connectivity index (χ4n) is 1.68. The van der Waals surface area contributed by atoms with E-state index in [0.29, 0.717) is 0 Å². The van der Waals surface area contributed by atoms with Gasteiger partial charge in [-0.15, -0.1) is 10.2 Å². The molecule has 0 unspecified atom stereocenters. The molecule has 0 atom stereocenters. The monoisotopic (exact) mass is 245 g/mol. The first-order valence-electron chi connectivity index (χ1n) is 5.28. The second-order valence-corrected chi connectivity index (χ2v) is 4.65. The molecule has 0 aliphatic rings. The van der Waals surface area contributed by atoms with Gasteiger partial charge in [0, 0.05) is 6.54 Å². The first kappa shape index (κ1) is 10.4. The molecule has 0 fully saturated rings. The maximum Gasteiger partial charge on any atom is 0.218 e. The zero-order chi connectivity index (χ0) is 11.7. The molecule has 0 amide bonds. The molecule has 0 bridgehead atoms. The average Bonchev–Trinajstić information content (AvgIpc) is 2.95. The third-order valence-electron chi connectivity index (χ3n) is 2.44. The van der Waals surface area contributed by atoms with Gasteiger partial charge in [0.1, 0.15) is 11.3 Å². The average molecular weight is 245 g/mol. The van der Waals surface area contributed by atoms with E-state index in [4.69, 9.17) is 0 Å². The zero-order valence-corrected chi connectivity index (χ0v) is 10.1. The highest BCUT2D eigenvalue weighted by Gasteiger charge is 2.08. The maximum atomic E-state index is 4.34. The van der Waals surface area contributed by atoms with Gasteiger partial charge in [0.05, 0.1) is 11.0 Å². The number of benzene rings is 1. The number of hydrogen-bond acceptors (Lipinski definition) is 5. The predicted molar refractivity (Wildman–Crippen MR) is 67.3 cm³/mol. The molecule has 3 rings (SSSR count). The van der Waals surface area contributed by atoms with Gasteiger partial charge < -0.3 is 5.32 Å². The second-order valence-electron chi connectivity index (χ2n) is 3.61. The van der Waals surface area contributed by atoms with Gasteiger partial charge in [-0.2, -0.15) is 0 Å². The van der Waals surface area contributed by atoms with Crippen LogP contribution in [-0.2, 0) is 6.54 Å². The highest BCUT2D eigenvalue weighted by molar-refractivity contribution is 7.13. The maximum absolute atomic E-state index is 4.34. The summed E-state index contributed by atoms with van der Waals surface area (Å²) in [6.45, 7) is 0.740. The van der Waals surface area contributed by atoms with Crippen LogP contribution in [0.3, 0.4) is 0 Å². The van der Waals surface area contributed by atoms with E-state index in [1.165, 1.54) is 0 Å². The van der Waals surface area contributed by atoms with Crippen LogP contribution in [0.15, 0.2) is 30.6 Å². The van der Waals surface area contributed by atoms with E-state index in [-0.39, 0.29) is 0 Å². The summed E-state index contributed by atoms with van der Waals surface area (Å²) in [7, 11) is 1.90. The normalized spacial score (nSPS) is 11.1. The third kappa shape index (κ3) is 1.81. The molecule has 86 valence electrons. The van der Waals surface area contributed by atoms with Crippen LogP contribution in [0.1, 0.15) is 5.01 Å². The van der Waals surface area contributed by atoms with Crippen molar-refractivity contribution in [2.24, 2.45) is 0 Å². The van der Waals surface area contributed by atoms with Crippen LogP contribution in [0, 0.1) is 0 Å². The van der Waals surface area contributed by atoms with E-state index in [2.05, 4.69) is 20.5 Å². The van der Waals surface area contributed by atoms with Crippen LogP contribution in [0.2, 0.25) is 0 Å². The van der Waals surface area contributed by atoms with Crippen molar-refractivity contribution < 1.29 is 0 Å². The van der Waals surface area contributed by atoms with E-state index in [1.54, 1.807) is 17.7 Å². The second kappa shape index (κ2) is 4.23. The molecule has 1 N–H and O–H groups in total. The van der Waals surface area contributed by atoms with Gasteiger partial charge in [-0.05, 0) is 19.2 Å². The Morgan fingerprint density at radius 1 is 1.29 bits per heavy atom. The summed E-state index contributed by atoms with van der Waals surface area (Å²) in [6.07, 6.45) is 1.79. The Balaban J connectivity index is 2.07. The topological polar surface area (TPSA) is 55.6 Å². The smallest absolute Gasteiger partial charge is 0.218 e. The molecule has 0 saturated heterocycles. The summed E-state index contributed by atoms with van der Waals surface area (Å²) in [5, 5.41) is 13.2. The summed E-state index contributed by atoms with van der Waals surface area (Å²) >= 11 is 1.57. The highest BCUT2D eigenvalue weighted by atomic mass is 32.1. The Hall–Kier alpha value is -1.79. The van der Waals surface area contributed by atoms with Gasteiger partial charge in [-0.25, -0.2) is 4.98 Å². The molecule has 0 saturated carbocycles. The van der Waals surface area contributed by atoms with Gasteiger partial charge in [0.15, 0.2) is 0 Å². The van der Waals surface area contributed by atoms with Crippen LogP contribution in [0.5, 0.6) is 0 Å². The molecule has 2 aromatic heterocycles. The number of para-hydroxylation sites is 2. The van der Waals surface area contributed by atoms with Gasteiger partial charge in [-0.3, -0.25) is 4.57 Å². The third-order valence-corrected chi connectivity index (χ3v) is 3.37. The highest BCUT2D eigenvalue weighted by Crippen LogP contribution is 2.20. The number of rotatable bonds is 3. The number of aromatic nitrogens is 4. The minimum atomic E-state index is 0.740. The molecule has 0 aliphatic carbocycles. The van der Waals surface area contributed by atoms with E-state index < -0.39 is 0 Å². The molecular weight excluding hydrogens is 234 g/mol. The van der Waals surface area contributed by atoms with Gasteiger partial charge in [0.25, 0.3) is 0 Å². The molecular formula is C11H11N5S. The lowest BCUT2D eigenvalue weighted by molar-refractivity contribution is 0.792. The Morgan fingerprint density at radius 3 is 3.06 bits per heavy atom. The summed E-state index contributed by atoms with van der Waals surface area (Å²) in [4.78, 5) is 4.34. The van der Waals surface area contributed by atoms with E-state index in [9.17, 15) is 0 Å². The lowest BCUT2D eigenvalue weighted by atomic mass is 10.3. The van der Waals surface area contributed by atoms with Crippen molar-refractivity contribution in [2.45, 2.75) is 6.54 Å². The first-order valence-corrected chi connectivity index (χ1v) is 6.09. The van der Waals surface area contributed by atoms with Crippen molar-refractivity contribution in [3.05, 3.63) is 35.6 Å². The Kier molecular flexibility index (Phi) is 2.58. The van der Waals surface area contributed by atoms with E-state index in [0.717, 1.165) is 27.7 Å². The van der Waals surface area contributed by atoms with Crippen molar-refractivity contribution in [3.8, 4) is 5.13 Å². The number of fused-ring (bicyclic) bond motifs is 1. The largest absolute Gasteiger partial charge is 0.313 e. The lowest BCUT2D eigenvalue weighted by Gasteiger charge is -1.96. The summed E-state index contributed by atoms with van der Waals surface area (Å²) in [5.41, 5.74) is 2.03. The van der Waals surface area contributed by atoms with E-state index >= 15 is 0 Å². The molecule has 2 heterocycles. The van der Waals surface area contributed by atoms with Crippen LogP contribution in [0.4, 0.5) is 0 Å². The van der Waals surface area contributed by atoms with Crippen molar-refractivity contribution in [1.82, 2.24) is 25.1 Å². The molecule has 0 spiro atoms. The van der Waals surface area contributed by atoms with Gasteiger partial charge in [-0.1, -0.05) is 23.5 Å². The molecule has 6 heteroatoms. The molecule has 0 aliphatic heterocycles.